The highest BCUT2D eigenvalue weighted by atomic mass is 19.4. The second kappa shape index (κ2) is 27.3. The highest BCUT2D eigenvalue weighted by molar-refractivity contribution is 5.87. The molecule has 3 heterocycles. The molecule has 1 aromatic heterocycles. The zero-order valence-electron chi connectivity index (χ0n) is 45.9. The molecule has 442 valence electrons. The summed E-state index contributed by atoms with van der Waals surface area (Å²) in [7, 11) is 1.79. The van der Waals surface area contributed by atoms with Crippen LogP contribution in [0.3, 0.4) is 0 Å². The number of aliphatic hydroxyl groups is 1. The van der Waals surface area contributed by atoms with E-state index in [9.17, 15) is 50.6 Å². The third kappa shape index (κ3) is 17.1. The van der Waals surface area contributed by atoms with Gasteiger partial charge in [-0.25, -0.2) is 18.6 Å². The fraction of sp³-hybridized carbons (Fsp3) is 0.536. The van der Waals surface area contributed by atoms with Gasteiger partial charge in [0.2, 0.25) is 11.8 Å². The molecule has 2 aliphatic heterocycles. The number of methoxy groups -OCH3 is 2. The van der Waals surface area contributed by atoms with E-state index in [1.807, 2.05) is 17.4 Å². The van der Waals surface area contributed by atoms with Gasteiger partial charge in [0.1, 0.15) is 23.5 Å². The number of carbonyl (C=O) groups is 4. The van der Waals surface area contributed by atoms with Crippen molar-refractivity contribution in [1.82, 2.24) is 30.7 Å². The lowest BCUT2D eigenvalue weighted by atomic mass is 9.75. The van der Waals surface area contributed by atoms with Crippen LogP contribution >= 0.6 is 0 Å². The quantitative estimate of drug-likeness (QED) is 0.0261. The van der Waals surface area contributed by atoms with Gasteiger partial charge in [-0.1, -0.05) is 37.8 Å². The van der Waals surface area contributed by atoms with Gasteiger partial charge in [-0.3, -0.25) is 29.2 Å². The number of amides is 3. The lowest BCUT2D eigenvalue weighted by molar-refractivity contribution is -0.230. The van der Waals surface area contributed by atoms with E-state index in [2.05, 4.69) is 51.7 Å². The van der Waals surface area contributed by atoms with Crippen molar-refractivity contribution < 1.29 is 73.6 Å². The first-order valence-electron chi connectivity index (χ1n) is 26.3. The molecular formula is C56H69F8N9O8. The molecule has 3 aliphatic rings. The van der Waals surface area contributed by atoms with Crippen molar-refractivity contribution in [2.24, 2.45) is 27.5 Å². The largest absolute Gasteiger partial charge is 0.469 e. The number of aliphatic imine (C=N–C) groups is 1. The summed E-state index contributed by atoms with van der Waals surface area (Å²) in [6.07, 6.45) is -8.95. The smallest absolute Gasteiger partial charge is 0.407 e. The summed E-state index contributed by atoms with van der Waals surface area (Å²) in [5, 5.41) is 18.8. The topological polar surface area (TPSA) is 213 Å². The number of halogens is 8. The minimum atomic E-state index is -5.10. The van der Waals surface area contributed by atoms with Gasteiger partial charge in [-0.15, -0.1) is 0 Å². The van der Waals surface area contributed by atoms with Crippen molar-refractivity contribution in [2.45, 2.75) is 102 Å². The second-order valence-electron chi connectivity index (χ2n) is 21.4. The van der Waals surface area contributed by atoms with Gasteiger partial charge in [-0.05, 0) is 87.6 Å². The number of allylic oxidation sites excluding steroid dienone is 1. The third-order valence-electron chi connectivity index (χ3n) is 14.9. The van der Waals surface area contributed by atoms with Gasteiger partial charge >= 0.3 is 24.4 Å². The van der Waals surface area contributed by atoms with E-state index in [0.29, 0.717) is 57.6 Å². The molecule has 3 amide bonds. The third-order valence-corrected chi connectivity index (χ3v) is 14.9. The van der Waals surface area contributed by atoms with Crippen molar-refractivity contribution in [3.63, 3.8) is 0 Å². The van der Waals surface area contributed by atoms with Gasteiger partial charge < -0.3 is 45.9 Å². The summed E-state index contributed by atoms with van der Waals surface area (Å²) in [5.41, 5.74) is 1.32. The van der Waals surface area contributed by atoms with Crippen molar-refractivity contribution in [3.8, 4) is 11.8 Å². The molecule has 6 rings (SSSR count). The number of nitrogens with one attached hydrogen (secondary N) is 3. The van der Waals surface area contributed by atoms with Crippen LogP contribution < -0.4 is 26.6 Å². The number of alkyl carbamates (subject to hydrolysis) is 1. The number of hydrogen-bond acceptors (Lipinski definition) is 14. The van der Waals surface area contributed by atoms with Crippen LogP contribution in [0.15, 0.2) is 65.8 Å². The van der Waals surface area contributed by atoms with E-state index in [-0.39, 0.29) is 29.8 Å². The summed E-state index contributed by atoms with van der Waals surface area (Å²) >= 11 is 0. The maximum Gasteiger partial charge on any atom is 0.407 e. The molecule has 1 aliphatic carbocycles. The highest BCUT2D eigenvalue weighted by Gasteiger charge is 2.57. The maximum atomic E-state index is 15.8. The monoisotopic (exact) mass is 1150 g/mol. The summed E-state index contributed by atoms with van der Waals surface area (Å²) < 4.78 is 133. The highest BCUT2D eigenvalue weighted by Crippen LogP contribution is 2.45. The Morgan fingerprint density at radius 2 is 1.56 bits per heavy atom. The Balaban J connectivity index is 1.28. The van der Waals surface area contributed by atoms with Crippen LogP contribution in [0.5, 0.6) is 0 Å². The molecule has 25 heteroatoms. The maximum absolute atomic E-state index is 15.8. The number of fused-ring (bicyclic) bond motifs is 1. The van der Waals surface area contributed by atoms with Gasteiger partial charge in [-0.2, -0.15) is 26.3 Å². The number of aliphatic hydroxyl groups excluding tert-OH is 1. The molecule has 3 fully saturated rings. The van der Waals surface area contributed by atoms with Crippen LogP contribution in [0.2, 0.25) is 0 Å². The molecule has 2 saturated heterocycles. The van der Waals surface area contributed by atoms with Gasteiger partial charge in [0.05, 0.1) is 81.5 Å². The summed E-state index contributed by atoms with van der Waals surface area (Å²) in [6, 6.07) is 8.56. The average molecular weight is 1150 g/mol. The summed E-state index contributed by atoms with van der Waals surface area (Å²) in [6.45, 7) is 5.60. The summed E-state index contributed by atoms with van der Waals surface area (Å²) in [5.74, 6) is -1.15. The lowest BCUT2D eigenvalue weighted by Gasteiger charge is -2.44. The number of ether oxygens (including phenoxy) is 3. The number of hydrogen-bond donors (Lipinski definition) is 5. The first-order chi connectivity index (χ1) is 38.1. The van der Waals surface area contributed by atoms with Crippen LogP contribution in [-0.2, 0) is 41.4 Å². The number of rotatable bonds is 22. The van der Waals surface area contributed by atoms with Gasteiger partial charge in [0.15, 0.2) is 0 Å². The van der Waals surface area contributed by atoms with Crippen LogP contribution in [0.4, 0.5) is 45.7 Å². The van der Waals surface area contributed by atoms with E-state index in [1.54, 1.807) is 30.5 Å². The second-order valence-corrected chi connectivity index (χ2v) is 21.4. The number of pyridine rings is 1. The molecule has 81 heavy (non-hydrogen) atoms. The predicted octanol–water partition coefficient (Wildman–Crippen LogP) is 5.90. The number of aromatic nitrogens is 1. The Hall–Kier alpha value is -6.88. The molecule has 5 atom stereocenters. The van der Waals surface area contributed by atoms with E-state index >= 15 is 8.78 Å². The number of nitrogens with zero attached hydrogens (tertiary/aromatic N) is 5. The molecule has 0 radical (unpaired) electrons. The molecule has 0 unspecified atom stereocenters. The van der Waals surface area contributed by atoms with E-state index in [0.717, 1.165) is 71.2 Å². The summed E-state index contributed by atoms with van der Waals surface area (Å²) in [4.78, 5) is 67.3. The number of piperazine rings is 1. The molecule has 17 nitrogen and oxygen atoms in total. The Bertz CT molecular complexity index is 2780. The standard InChI is InChI=1S/C56H69F8N9O8/c1-53(2,55(59,60)61)41(28-48(75)79-5)50(76)68-33-71(20-18-40-42(57)26-37(27-43(40)58)44(65)17-19-66-38-14-15-38)31-46(74)45(69-51(77)49(70-52(78)80-6)54(3,4)56(62,63)64)25-35-10-7-34(8-11-35)9-12-36-13-16-47(67-29-36)73-22-21-72-23-24-81-32-39(72)30-73/h7-8,10-11,13,16-17,19,26-27,29,38-39,41,45-46,49,74H,14-15,18,20-25,28,30-33,65H2,1-6H3,(H,68,76)(H,69,77)(H,70,78)/t39-,41-,45+,46+,49-/m1/s1. The molecule has 3 aromatic rings. The zero-order chi connectivity index (χ0) is 59.5. The molecular weight excluding hydrogens is 1080 g/mol. The normalized spacial score (nSPS) is 18.0. The van der Waals surface area contributed by atoms with Crippen LogP contribution in [0, 0.1) is 40.2 Å². The van der Waals surface area contributed by atoms with Crippen molar-refractivity contribution in [3.05, 3.63) is 100 Å². The number of morpholine rings is 1. The van der Waals surface area contributed by atoms with E-state index in [1.165, 1.54) is 17.2 Å². The number of carbonyl (C=O) groups excluding carboxylic acids is 4. The fourth-order valence-corrected chi connectivity index (χ4v) is 9.09. The number of alkyl halides is 6. The number of nitrogens with two attached hydrogens (primary N) is 1. The molecule has 0 spiro atoms. The van der Waals surface area contributed by atoms with Crippen molar-refractivity contribution in [2.75, 3.05) is 78.3 Å². The number of anilines is 1. The van der Waals surface area contributed by atoms with E-state index < -0.39 is 121 Å². The van der Waals surface area contributed by atoms with Gasteiger partial charge in [0.25, 0.3) is 0 Å². The molecule has 2 aromatic carbocycles. The first kappa shape index (κ1) is 63.3. The first-order valence-corrected chi connectivity index (χ1v) is 26.3. The molecule has 0 bridgehead atoms. The van der Waals surface area contributed by atoms with Crippen LogP contribution in [0.1, 0.15) is 74.8 Å². The Kier molecular flexibility index (Phi) is 21.3. The molecule has 1 saturated carbocycles. The minimum Gasteiger partial charge on any atom is -0.469 e. The van der Waals surface area contributed by atoms with E-state index in [4.69, 9.17) is 10.5 Å². The lowest BCUT2D eigenvalue weighted by Crippen LogP contribution is -2.62. The Morgan fingerprint density at radius 3 is 2.16 bits per heavy atom. The average Bonchev–Trinajstić information content (AvgIpc) is 4.29. The predicted molar refractivity (Wildman–Crippen MR) is 284 cm³/mol. The van der Waals surface area contributed by atoms with Gasteiger partial charge in [0, 0.05) is 79.6 Å². The van der Waals surface area contributed by atoms with Crippen molar-refractivity contribution in [1.29, 1.82) is 0 Å². The number of benzene rings is 2. The SMILES string of the molecule is COC(=O)C[C@H](C(=O)NCN(CCc1c(F)cc(C(N)=CC=NC2CC2)cc1F)C[C@H](O)[C@H](Cc1ccc(C#Cc2ccc(N3CCN4CCOC[C@H]4C3)nc2)cc1)NC(=O)[C@@H](NC(=O)OC)C(C)(C)C(F)(F)F)C(C)(C)C(F)(F)F. The molecule has 6 N–H and O–H groups in total. The zero-order valence-corrected chi connectivity index (χ0v) is 45.9. The van der Waals surface area contributed by atoms with Crippen LogP contribution in [0.25, 0.3) is 5.70 Å². The Morgan fingerprint density at radius 1 is 0.901 bits per heavy atom. The van der Waals surface area contributed by atoms with Crippen LogP contribution in [-0.4, -0.2) is 166 Å². The number of esters is 1. The van der Waals surface area contributed by atoms with Crippen molar-refractivity contribution >= 4 is 41.6 Å². The Labute approximate surface area is 465 Å². The minimum absolute atomic E-state index is 0.00316. The fourth-order valence-electron chi connectivity index (χ4n) is 9.09.